The van der Waals surface area contributed by atoms with Gasteiger partial charge in [0, 0.05) is 37.3 Å². The van der Waals surface area contributed by atoms with Gasteiger partial charge in [0.25, 0.3) is 5.89 Å². The molecule has 37 heavy (non-hydrogen) atoms. The molecule has 0 aliphatic carbocycles. The summed E-state index contributed by atoms with van der Waals surface area (Å²) in [6, 6.07) is 20.4. The van der Waals surface area contributed by atoms with Gasteiger partial charge in [0.2, 0.25) is 11.7 Å². The number of aromatic nitrogens is 3. The summed E-state index contributed by atoms with van der Waals surface area (Å²) >= 11 is 0. The van der Waals surface area contributed by atoms with Crippen LogP contribution in [0.15, 0.2) is 71.4 Å². The molecule has 1 N–H and O–H groups in total. The Morgan fingerprint density at radius 1 is 1.05 bits per heavy atom. The average Bonchev–Trinajstić information content (AvgIpc) is 3.43. The van der Waals surface area contributed by atoms with Crippen molar-refractivity contribution in [3.05, 3.63) is 83.6 Å². The zero-order chi connectivity index (χ0) is 25.8. The smallest absolute Gasteiger partial charge is 0.261 e. The molecule has 3 heterocycles. The van der Waals surface area contributed by atoms with Crippen LogP contribution in [-0.4, -0.2) is 34.1 Å². The van der Waals surface area contributed by atoms with E-state index in [0.29, 0.717) is 24.2 Å². The van der Waals surface area contributed by atoms with Crippen LogP contribution in [0.2, 0.25) is 0 Å². The molecule has 4 aromatic rings. The number of hydrogen-bond donors (Lipinski definition) is 1. The fourth-order valence-electron chi connectivity index (χ4n) is 4.68. The van der Waals surface area contributed by atoms with Crippen molar-refractivity contribution in [1.29, 1.82) is 0 Å². The summed E-state index contributed by atoms with van der Waals surface area (Å²) in [4.78, 5) is 24.3. The molecule has 0 atom stereocenters. The van der Waals surface area contributed by atoms with Crippen molar-refractivity contribution < 1.29 is 9.32 Å². The first kappa shape index (κ1) is 24.7. The second-order valence-electron chi connectivity index (χ2n) is 10.0. The zero-order valence-corrected chi connectivity index (χ0v) is 21.6. The molecule has 1 saturated heterocycles. The minimum Gasteiger partial charge on any atom is -0.356 e. The Kier molecular flexibility index (Phi) is 7.30. The maximum Gasteiger partial charge on any atom is 0.261 e. The summed E-state index contributed by atoms with van der Waals surface area (Å²) in [6.07, 6.45) is 3.32. The molecule has 0 radical (unpaired) electrons. The van der Waals surface area contributed by atoms with E-state index >= 15 is 0 Å². The lowest BCUT2D eigenvalue weighted by atomic mass is 9.95. The van der Waals surface area contributed by atoms with Crippen molar-refractivity contribution in [2.24, 2.45) is 5.92 Å². The second kappa shape index (κ2) is 10.9. The first-order chi connectivity index (χ1) is 18.0. The van der Waals surface area contributed by atoms with Crippen LogP contribution in [0.25, 0.3) is 22.8 Å². The van der Waals surface area contributed by atoms with Gasteiger partial charge in [-0.25, -0.2) is 4.98 Å². The van der Waals surface area contributed by atoms with Crippen LogP contribution in [0.1, 0.15) is 49.3 Å². The molecule has 2 aromatic heterocycles. The number of hydrogen-bond acceptors (Lipinski definition) is 6. The third-order valence-corrected chi connectivity index (χ3v) is 7.03. The molecule has 1 aliphatic heterocycles. The zero-order valence-electron chi connectivity index (χ0n) is 21.6. The Morgan fingerprint density at radius 3 is 2.49 bits per heavy atom. The van der Waals surface area contributed by atoms with Gasteiger partial charge in [-0.3, -0.25) is 4.79 Å². The molecular formula is C30H33N5O2. The molecule has 190 valence electrons. The third-order valence-electron chi connectivity index (χ3n) is 7.03. The minimum absolute atomic E-state index is 0.00473. The van der Waals surface area contributed by atoms with Crippen molar-refractivity contribution in [2.45, 2.75) is 46.1 Å². The van der Waals surface area contributed by atoms with Crippen molar-refractivity contribution in [3.8, 4) is 22.8 Å². The van der Waals surface area contributed by atoms with Gasteiger partial charge in [0.1, 0.15) is 5.82 Å². The Hall–Kier alpha value is -4.00. The lowest BCUT2D eigenvalue weighted by Gasteiger charge is -2.32. The number of carbonyl (C=O) groups is 1. The number of amides is 1. The highest BCUT2D eigenvalue weighted by Gasteiger charge is 2.27. The number of nitrogens with one attached hydrogen (secondary N) is 1. The summed E-state index contributed by atoms with van der Waals surface area (Å²) in [6.45, 7) is 8.45. The molecule has 2 aromatic carbocycles. The van der Waals surface area contributed by atoms with E-state index in [0.717, 1.165) is 48.4 Å². The van der Waals surface area contributed by atoms with E-state index in [9.17, 15) is 4.79 Å². The topological polar surface area (TPSA) is 84.2 Å². The Balaban J connectivity index is 1.21. The number of nitrogens with zero attached hydrogens (tertiary/aromatic N) is 4. The SMILES string of the molecule is Cc1ccc(-c2noc(-c3cccnc3N3CCC(C(=O)NCc4ccc(C(C)C)cc4)CC3)n2)cc1. The number of piperidine rings is 1. The quantitative estimate of drug-likeness (QED) is 0.351. The number of rotatable bonds is 7. The highest BCUT2D eigenvalue weighted by Crippen LogP contribution is 2.32. The highest BCUT2D eigenvalue weighted by molar-refractivity contribution is 5.79. The average molecular weight is 496 g/mol. The van der Waals surface area contributed by atoms with Crippen molar-refractivity contribution in [1.82, 2.24) is 20.4 Å². The van der Waals surface area contributed by atoms with Gasteiger partial charge in [-0.15, -0.1) is 0 Å². The molecule has 0 bridgehead atoms. The van der Waals surface area contributed by atoms with Gasteiger partial charge in [0.15, 0.2) is 0 Å². The molecule has 7 heteroatoms. The predicted octanol–water partition coefficient (Wildman–Crippen LogP) is 5.76. The summed E-state index contributed by atoms with van der Waals surface area (Å²) in [5.41, 5.74) is 5.33. The molecule has 0 saturated carbocycles. The maximum absolute atomic E-state index is 12.9. The summed E-state index contributed by atoms with van der Waals surface area (Å²) in [5, 5.41) is 7.31. The van der Waals surface area contributed by atoms with Gasteiger partial charge in [-0.2, -0.15) is 4.98 Å². The van der Waals surface area contributed by atoms with Crippen LogP contribution in [0.4, 0.5) is 5.82 Å². The van der Waals surface area contributed by atoms with Crippen LogP contribution >= 0.6 is 0 Å². The van der Waals surface area contributed by atoms with Crippen molar-refractivity contribution >= 4 is 11.7 Å². The first-order valence-electron chi connectivity index (χ1n) is 13.0. The molecule has 5 rings (SSSR count). The van der Waals surface area contributed by atoms with Gasteiger partial charge >= 0.3 is 0 Å². The number of aryl methyl sites for hydroxylation is 1. The van der Waals surface area contributed by atoms with Gasteiger partial charge in [0.05, 0.1) is 5.56 Å². The van der Waals surface area contributed by atoms with E-state index in [2.05, 4.69) is 63.5 Å². The molecule has 7 nitrogen and oxygen atoms in total. The first-order valence-corrected chi connectivity index (χ1v) is 13.0. The molecular weight excluding hydrogens is 462 g/mol. The summed E-state index contributed by atoms with van der Waals surface area (Å²) in [7, 11) is 0. The fraction of sp³-hybridized carbons (Fsp3) is 0.333. The molecule has 0 spiro atoms. The summed E-state index contributed by atoms with van der Waals surface area (Å²) < 4.78 is 5.63. The second-order valence-corrected chi connectivity index (χ2v) is 10.0. The van der Waals surface area contributed by atoms with Crippen molar-refractivity contribution in [2.75, 3.05) is 18.0 Å². The molecule has 1 amide bonds. The number of pyridine rings is 1. The molecule has 0 unspecified atom stereocenters. The summed E-state index contributed by atoms with van der Waals surface area (Å²) in [5.74, 6) is 2.43. The standard InChI is InChI=1S/C30H33N5O2/c1-20(2)23-12-8-22(9-13-23)19-32-29(36)25-14-17-35(18-15-25)28-26(5-4-16-31-28)30-33-27(34-37-30)24-10-6-21(3)7-11-24/h4-13,16,20,25H,14-15,17-19H2,1-3H3,(H,32,36). The lowest BCUT2D eigenvalue weighted by Crippen LogP contribution is -2.40. The van der Waals surface area contributed by atoms with Crippen LogP contribution in [0.3, 0.4) is 0 Å². The van der Waals surface area contributed by atoms with Crippen LogP contribution < -0.4 is 10.2 Å². The third kappa shape index (κ3) is 5.71. The Bertz CT molecular complexity index is 1340. The van der Waals surface area contributed by atoms with Crippen molar-refractivity contribution in [3.63, 3.8) is 0 Å². The van der Waals surface area contributed by atoms with Gasteiger partial charge < -0.3 is 14.7 Å². The van der Waals surface area contributed by atoms with Crippen LogP contribution in [-0.2, 0) is 11.3 Å². The van der Waals surface area contributed by atoms with Crippen LogP contribution in [0.5, 0.6) is 0 Å². The van der Waals surface area contributed by atoms with E-state index in [1.807, 2.05) is 43.3 Å². The number of carbonyl (C=O) groups excluding carboxylic acids is 1. The van der Waals surface area contributed by atoms with E-state index in [4.69, 9.17) is 4.52 Å². The number of benzene rings is 2. The maximum atomic E-state index is 12.9. The Morgan fingerprint density at radius 2 is 1.78 bits per heavy atom. The van der Waals surface area contributed by atoms with E-state index in [-0.39, 0.29) is 11.8 Å². The normalized spacial score (nSPS) is 14.2. The highest BCUT2D eigenvalue weighted by atomic mass is 16.5. The van der Waals surface area contributed by atoms with Crippen LogP contribution in [0, 0.1) is 12.8 Å². The molecule has 1 aliphatic rings. The predicted molar refractivity (Wildman–Crippen MR) is 145 cm³/mol. The lowest BCUT2D eigenvalue weighted by molar-refractivity contribution is -0.125. The van der Waals surface area contributed by atoms with Gasteiger partial charge in [-0.05, 0) is 48.9 Å². The minimum atomic E-state index is -0.00473. The largest absolute Gasteiger partial charge is 0.356 e. The van der Waals surface area contributed by atoms with E-state index in [1.54, 1.807) is 6.20 Å². The van der Waals surface area contributed by atoms with E-state index < -0.39 is 0 Å². The fourth-order valence-corrected chi connectivity index (χ4v) is 4.68. The van der Waals surface area contributed by atoms with E-state index in [1.165, 1.54) is 11.1 Å². The molecule has 1 fully saturated rings. The van der Waals surface area contributed by atoms with Gasteiger partial charge in [-0.1, -0.05) is 73.1 Å². The Labute approximate surface area is 217 Å². The number of anilines is 1. The monoisotopic (exact) mass is 495 g/mol.